The van der Waals surface area contributed by atoms with Gasteiger partial charge in [0.1, 0.15) is 12.4 Å². The van der Waals surface area contributed by atoms with Gasteiger partial charge in [-0.2, -0.15) is 4.37 Å². The maximum absolute atomic E-state index is 12.0. The molecule has 1 atom stereocenters. The summed E-state index contributed by atoms with van der Waals surface area (Å²) >= 11 is 1.14. The molecule has 0 saturated heterocycles. The maximum Gasteiger partial charge on any atom is 0.270 e. The first-order chi connectivity index (χ1) is 9.22. The van der Waals surface area contributed by atoms with E-state index >= 15 is 0 Å². The SMILES string of the molecule is Cc1nsc(NC(=O)[C@H]2COc3ccccc3O2)n1. The van der Waals surface area contributed by atoms with Gasteiger partial charge in [-0.25, -0.2) is 4.98 Å². The molecule has 1 amide bonds. The van der Waals surface area contributed by atoms with Crippen LogP contribution in [0.2, 0.25) is 0 Å². The summed E-state index contributed by atoms with van der Waals surface area (Å²) in [6.07, 6.45) is -0.681. The summed E-state index contributed by atoms with van der Waals surface area (Å²) in [6.45, 7) is 1.95. The number of carbonyl (C=O) groups excluding carboxylic acids is 1. The maximum atomic E-state index is 12.0. The van der Waals surface area contributed by atoms with Gasteiger partial charge < -0.3 is 9.47 Å². The highest BCUT2D eigenvalue weighted by Gasteiger charge is 2.27. The van der Waals surface area contributed by atoms with Gasteiger partial charge in [-0.3, -0.25) is 10.1 Å². The number of rotatable bonds is 2. The van der Waals surface area contributed by atoms with Crippen molar-refractivity contribution in [1.29, 1.82) is 0 Å². The topological polar surface area (TPSA) is 73.3 Å². The number of hydrogen-bond donors (Lipinski definition) is 1. The second-order valence-electron chi connectivity index (χ2n) is 4.00. The molecule has 0 saturated carbocycles. The van der Waals surface area contributed by atoms with Crippen molar-refractivity contribution in [2.24, 2.45) is 0 Å². The van der Waals surface area contributed by atoms with E-state index in [-0.39, 0.29) is 12.5 Å². The molecule has 2 heterocycles. The van der Waals surface area contributed by atoms with E-state index in [4.69, 9.17) is 9.47 Å². The molecule has 3 rings (SSSR count). The van der Waals surface area contributed by atoms with E-state index in [2.05, 4.69) is 14.7 Å². The highest BCUT2D eigenvalue weighted by Crippen LogP contribution is 2.31. The summed E-state index contributed by atoms with van der Waals surface area (Å²) in [5.74, 6) is 1.57. The summed E-state index contributed by atoms with van der Waals surface area (Å²) in [6, 6.07) is 7.25. The molecule has 1 aliphatic heterocycles. The Morgan fingerprint density at radius 2 is 2.21 bits per heavy atom. The minimum Gasteiger partial charge on any atom is -0.485 e. The van der Waals surface area contributed by atoms with Crippen LogP contribution in [-0.4, -0.2) is 28.0 Å². The highest BCUT2D eigenvalue weighted by atomic mass is 32.1. The van der Waals surface area contributed by atoms with E-state index in [0.717, 1.165) is 11.5 Å². The Morgan fingerprint density at radius 3 is 2.95 bits per heavy atom. The minimum absolute atomic E-state index is 0.181. The molecule has 6 nitrogen and oxygen atoms in total. The van der Waals surface area contributed by atoms with Crippen molar-refractivity contribution < 1.29 is 14.3 Å². The predicted molar refractivity (Wildman–Crippen MR) is 69.6 cm³/mol. The van der Waals surface area contributed by atoms with Gasteiger partial charge in [0.2, 0.25) is 11.2 Å². The molecule has 1 N–H and O–H groups in total. The first-order valence-corrected chi connectivity index (χ1v) is 6.49. The number of para-hydroxylation sites is 2. The molecule has 0 unspecified atom stereocenters. The van der Waals surface area contributed by atoms with Crippen molar-refractivity contribution >= 4 is 22.6 Å². The number of aryl methyl sites for hydroxylation is 1. The van der Waals surface area contributed by atoms with E-state index in [1.54, 1.807) is 19.1 Å². The van der Waals surface area contributed by atoms with Gasteiger partial charge in [-0.15, -0.1) is 0 Å². The van der Waals surface area contributed by atoms with E-state index in [1.807, 2.05) is 12.1 Å². The Balaban J connectivity index is 1.69. The van der Waals surface area contributed by atoms with Crippen molar-refractivity contribution in [3.05, 3.63) is 30.1 Å². The van der Waals surface area contributed by atoms with E-state index in [9.17, 15) is 4.79 Å². The number of hydrogen-bond acceptors (Lipinski definition) is 6. The molecule has 0 fully saturated rings. The van der Waals surface area contributed by atoms with Gasteiger partial charge in [-0.05, 0) is 19.1 Å². The fourth-order valence-electron chi connectivity index (χ4n) is 1.68. The normalized spacial score (nSPS) is 17.0. The van der Waals surface area contributed by atoms with E-state index in [1.165, 1.54) is 0 Å². The molecule has 98 valence electrons. The van der Waals surface area contributed by atoms with Gasteiger partial charge in [0.05, 0.1) is 0 Å². The fourth-order valence-corrected chi connectivity index (χ4v) is 2.26. The highest BCUT2D eigenvalue weighted by molar-refractivity contribution is 7.09. The summed E-state index contributed by atoms with van der Waals surface area (Å²) in [7, 11) is 0. The number of amides is 1. The summed E-state index contributed by atoms with van der Waals surface area (Å²) in [5.41, 5.74) is 0. The zero-order valence-electron chi connectivity index (χ0n) is 10.1. The molecule has 7 heteroatoms. The van der Waals surface area contributed by atoms with Crippen LogP contribution in [0.5, 0.6) is 11.5 Å². The molecule has 0 spiro atoms. The minimum atomic E-state index is -0.681. The van der Waals surface area contributed by atoms with Gasteiger partial charge >= 0.3 is 0 Å². The molecule has 0 radical (unpaired) electrons. The number of carbonyl (C=O) groups is 1. The van der Waals surface area contributed by atoms with Crippen LogP contribution in [0.3, 0.4) is 0 Å². The summed E-state index contributed by atoms with van der Waals surface area (Å²) in [5, 5.41) is 3.13. The van der Waals surface area contributed by atoms with Crippen LogP contribution in [0.15, 0.2) is 24.3 Å². The van der Waals surface area contributed by atoms with E-state index < -0.39 is 6.10 Å². The van der Waals surface area contributed by atoms with Crippen LogP contribution < -0.4 is 14.8 Å². The van der Waals surface area contributed by atoms with Gasteiger partial charge in [0.15, 0.2) is 11.5 Å². The van der Waals surface area contributed by atoms with Gasteiger partial charge in [0, 0.05) is 11.5 Å². The lowest BCUT2D eigenvalue weighted by Gasteiger charge is -2.25. The molecule has 1 aromatic heterocycles. The third-order valence-electron chi connectivity index (χ3n) is 2.56. The number of aromatic nitrogens is 2. The van der Waals surface area contributed by atoms with Crippen molar-refractivity contribution in [2.75, 3.05) is 11.9 Å². The van der Waals surface area contributed by atoms with Crippen molar-refractivity contribution in [3.8, 4) is 11.5 Å². The molecule has 2 aromatic rings. The zero-order chi connectivity index (χ0) is 13.2. The standard InChI is InChI=1S/C12H11N3O3S/c1-7-13-12(19-15-7)14-11(16)10-6-17-8-4-2-3-5-9(8)18-10/h2-5,10H,6H2,1H3,(H,13,14,15,16)/t10-/m1/s1. The number of anilines is 1. The predicted octanol–water partition coefficient (Wildman–Crippen LogP) is 1.63. The second kappa shape index (κ2) is 4.85. The van der Waals surface area contributed by atoms with E-state index in [0.29, 0.717) is 22.5 Å². The Morgan fingerprint density at radius 1 is 1.42 bits per heavy atom. The van der Waals surface area contributed by atoms with Crippen LogP contribution in [-0.2, 0) is 4.79 Å². The molecular weight excluding hydrogens is 266 g/mol. The quantitative estimate of drug-likeness (QED) is 0.903. The number of nitrogens with one attached hydrogen (secondary N) is 1. The van der Waals surface area contributed by atoms with Crippen LogP contribution in [0.4, 0.5) is 5.13 Å². The largest absolute Gasteiger partial charge is 0.485 e. The lowest BCUT2D eigenvalue weighted by atomic mass is 10.2. The number of ether oxygens (including phenoxy) is 2. The van der Waals surface area contributed by atoms with Crippen LogP contribution >= 0.6 is 11.5 Å². The fraction of sp³-hybridized carbons (Fsp3) is 0.250. The van der Waals surface area contributed by atoms with Crippen LogP contribution in [0.1, 0.15) is 5.82 Å². The summed E-state index contributed by atoms with van der Waals surface area (Å²) < 4.78 is 15.1. The molecule has 0 bridgehead atoms. The average Bonchev–Trinajstić information content (AvgIpc) is 2.83. The Labute approximate surface area is 113 Å². The average molecular weight is 277 g/mol. The van der Waals surface area contributed by atoms with Crippen LogP contribution in [0.25, 0.3) is 0 Å². The smallest absolute Gasteiger partial charge is 0.270 e. The Hall–Kier alpha value is -2.15. The molecule has 19 heavy (non-hydrogen) atoms. The first-order valence-electron chi connectivity index (χ1n) is 5.72. The van der Waals surface area contributed by atoms with Crippen molar-refractivity contribution in [1.82, 2.24) is 9.36 Å². The van der Waals surface area contributed by atoms with Gasteiger partial charge in [-0.1, -0.05) is 12.1 Å². The Bertz CT molecular complexity index is 614. The van der Waals surface area contributed by atoms with Gasteiger partial charge in [0.25, 0.3) is 5.91 Å². The molecular formula is C12H11N3O3S. The number of fused-ring (bicyclic) bond motifs is 1. The lowest BCUT2D eigenvalue weighted by molar-refractivity contribution is -0.125. The molecule has 1 aromatic carbocycles. The molecule has 1 aliphatic rings. The second-order valence-corrected chi connectivity index (χ2v) is 4.75. The number of nitrogens with zero attached hydrogens (tertiary/aromatic N) is 2. The monoisotopic (exact) mass is 277 g/mol. The van der Waals surface area contributed by atoms with Crippen LogP contribution in [0, 0.1) is 6.92 Å². The van der Waals surface area contributed by atoms with Crippen molar-refractivity contribution in [2.45, 2.75) is 13.0 Å². The first kappa shape index (κ1) is 11.9. The summed E-state index contributed by atoms with van der Waals surface area (Å²) in [4.78, 5) is 16.1. The number of benzene rings is 1. The van der Waals surface area contributed by atoms with Crippen molar-refractivity contribution in [3.63, 3.8) is 0 Å². The lowest BCUT2D eigenvalue weighted by Crippen LogP contribution is -2.40. The third kappa shape index (κ3) is 2.50. The Kier molecular flexibility index (Phi) is 3.04. The third-order valence-corrected chi connectivity index (χ3v) is 3.28. The zero-order valence-corrected chi connectivity index (χ0v) is 10.9. The molecule has 0 aliphatic carbocycles.